The Morgan fingerprint density at radius 1 is 1.67 bits per heavy atom. The predicted molar refractivity (Wildman–Crippen MR) is 29.8 cm³/mol. The van der Waals surface area contributed by atoms with Crippen LogP contribution in [0.25, 0.3) is 0 Å². The fourth-order valence-electron chi connectivity index (χ4n) is 0.271. The Hall–Kier alpha value is 1.71. The molecule has 0 saturated heterocycles. The van der Waals surface area contributed by atoms with Crippen molar-refractivity contribution in [3.05, 3.63) is 0 Å². The summed E-state index contributed by atoms with van der Waals surface area (Å²) in [5, 5.41) is 0. The third kappa shape index (κ3) is 12.8. The second kappa shape index (κ2) is 9.71. The van der Waals surface area contributed by atoms with Crippen LogP contribution in [0.2, 0.25) is 0 Å². The number of hydrogen-bond acceptors (Lipinski definition) is 3. The van der Waals surface area contributed by atoms with Crippen LogP contribution in [0.1, 0.15) is 19.8 Å². The fraction of sp³-hybridized carbons (Fsp3) is 1.00. The van der Waals surface area contributed by atoms with Gasteiger partial charge in [-0.2, -0.15) is 0 Å². The van der Waals surface area contributed by atoms with Gasteiger partial charge in [0.25, 0.3) is 0 Å². The molecule has 0 fully saturated rings. The van der Waals surface area contributed by atoms with Crippen molar-refractivity contribution in [1.29, 1.82) is 0 Å². The zero-order chi connectivity index (χ0) is 6.41. The van der Waals surface area contributed by atoms with Crippen LogP contribution in [-0.2, 0) is 15.5 Å². The molecule has 0 heterocycles. The first-order valence-electron chi connectivity index (χ1n) is 2.50. The maximum atomic E-state index is 9.65. The molecule has 1 atom stereocenters. The van der Waals surface area contributed by atoms with Crippen molar-refractivity contribution in [1.82, 2.24) is 0 Å². The normalized spacial score (nSPS) is 12.2. The summed E-state index contributed by atoms with van der Waals surface area (Å²) in [5.74, 6) is 0. The SMILES string of the molecule is CCCCOS(=O)[O-].[K+]. The van der Waals surface area contributed by atoms with E-state index < -0.39 is 11.4 Å². The molecule has 0 saturated carbocycles. The molecule has 0 aliphatic carbocycles. The quantitative estimate of drug-likeness (QED) is 0.273. The van der Waals surface area contributed by atoms with E-state index in [1.54, 1.807) is 0 Å². The Labute approximate surface area is 100 Å². The van der Waals surface area contributed by atoms with Crippen molar-refractivity contribution in [2.45, 2.75) is 19.8 Å². The molecule has 0 amide bonds. The molecule has 0 aromatic heterocycles. The molecule has 0 bridgehead atoms. The molecule has 0 spiro atoms. The third-order valence-electron chi connectivity index (χ3n) is 0.677. The van der Waals surface area contributed by atoms with Crippen LogP contribution in [0.5, 0.6) is 0 Å². The summed E-state index contributed by atoms with van der Waals surface area (Å²) < 4.78 is 23.5. The predicted octanol–water partition coefficient (Wildman–Crippen LogP) is -2.40. The maximum Gasteiger partial charge on any atom is 1.00 e. The Kier molecular flexibility index (Phi) is 14.4. The molecule has 0 N–H and O–H groups in total. The first kappa shape index (κ1) is 13.3. The van der Waals surface area contributed by atoms with Crippen molar-refractivity contribution in [3.63, 3.8) is 0 Å². The van der Waals surface area contributed by atoms with Crippen molar-refractivity contribution in [2.75, 3.05) is 6.61 Å². The summed E-state index contributed by atoms with van der Waals surface area (Å²) in [6.07, 6.45) is 1.76. The van der Waals surface area contributed by atoms with Crippen molar-refractivity contribution >= 4 is 11.4 Å². The van der Waals surface area contributed by atoms with Crippen LogP contribution in [0.15, 0.2) is 0 Å². The molecular weight excluding hydrogens is 167 g/mol. The van der Waals surface area contributed by atoms with E-state index >= 15 is 0 Å². The first-order chi connectivity index (χ1) is 3.77. The average Bonchev–Trinajstić information content (AvgIpc) is 1.66. The second-order valence-corrected chi connectivity index (χ2v) is 2.02. The van der Waals surface area contributed by atoms with Gasteiger partial charge in [-0.3, -0.25) is 0 Å². The molecular formula is C4H9KO3S. The Morgan fingerprint density at radius 2 is 2.22 bits per heavy atom. The molecule has 3 nitrogen and oxygen atoms in total. The number of hydrogen-bond donors (Lipinski definition) is 0. The summed E-state index contributed by atoms with van der Waals surface area (Å²) in [5.41, 5.74) is 0. The van der Waals surface area contributed by atoms with Crippen LogP contribution in [-0.4, -0.2) is 15.4 Å². The van der Waals surface area contributed by atoms with Crippen molar-refractivity contribution in [2.24, 2.45) is 0 Å². The van der Waals surface area contributed by atoms with E-state index in [9.17, 15) is 8.76 Å². The van der Waals surface area contributed by atoms with Gasteiger partial charge in [0.05, 0.1) is 18.0 Å². The van der Waals surface area contributed by atoms with E-state index in [-0.39, 0.29) is 51.4 Å². The average molecular weight is 176 g/mol. The van der Waals surface area contributed by atoms with Crippen LogP contribution in [0, 0.1) is 0 Å². The van der Waals surface area contributed by atoms with Gasteiger partial charge in [0.1, 0.15) is 0 Å². The molecule has 0 aliphatic rings. The maximum absolute atomic E-state index is 9.65. The molecule has 0 radical (unpaired) electrons. The zero-order valence-electron chi connectivity index (χ0n) is 5.75. The molecule has 5 heteroatoms. The molecule has 0 aromatic rings. The smallest absolute Gasteiger partial charge is 0.750 e. The van der Waals surface area contributed by atoms with Gasteiger partial charge < -0.3 is 8.74 Å². The minimum atomic E-state index is -2.32. The molecule has 0 aliphatic heterocycles. The summed E-state index contributed by atoms with van der Waals surface area (Å²) in [4.78, 5) is 0. The van der Waals surface area contributed by atoms with Gasteiger partial charge in [-0.1, -0.05) is 13.3 Å². The first-order valence-corrected chi connectivity index (χ1v) is 3.50. The van der Waals surface area contributed by atoms with E-state index in [0.717, 1.165) is 12.8 Å². The van der Waals surface area contributed by atoms with Crippen LogP contribution in [0.4, 0.5) is 0 Å². The topological polar surface area (TPSA) is 49.4 Å². The van der Waals surface area contributed by atoms with Gasteiger partial charge >= 0.3 is 51.4 Å². The van der Waals surface area contributed by atoms with Gasteiger partial charge in [-0.25, -0.2) is 4.21 Å². The summed E-state index contributed by atoms with van der Waals surface area (Å²) >= 11 is -2.32. The molecule has 50 valence electrons. The summed E-state index contributed by atoms with van der Waals surface area (Å²) in [6, 6.07) is 0. The second-order valence-electron chi connectivity index (χ2n) is 1.38. The van der Waals surface area contributed by atoms with E-state index in [4.69, 9.17) is 0 Å². The minimum Gasteiger partial charge on any atom is -0.750 e. The van der Waals surface area contributed by atoms with Crippen LogP contribution < -0.4 is 51.4 Å². The Balaban J connectivity index is 0. The summed E-state index contributed by atoms with van der Waals surface area (Å²) in [7, 11) is 0. The van der Waals surface area contributed by atoms with Crippen LogP contribution >= 0.6 is 0 Å². The Bertz CT molecular complexity index is 78.2. The van der Waals surface area contributed by atoms with E-state index in [1.807, 2.05) is 6.92 Å². The molecule has 1 unspecified atom stereocenters. The molecule has 0 rings (SSSR count). The zero-order valence-corrected chi connectivity index (χ0v) is 9.69. The standard InChI is InChI=1S/C4H10O3S.K/c1-2-3-4-7-8(5)6;/h2-4H2,1H3,(H,5,6);/q;+1/p-1. The molecule has 0 aromatic carbocycles. The van der Waals surface area contributed by atoms with Gasteiger partial charge in [0, 0.05) is 0 Å². The summed E-state index contributed by atoms with van der Waals surface area (Å²) in [6.45, 7) is 2.28. The van der Waals surface area contributed by atoms with Gasteiger partial charge in [0.15, 0.2) is 0 Å². The number of rotatable bonds is 4. The Morgan fingerprint density at radius 3 is 2.56 bits per heavy atom. The third-order valence-corrected chi connectivity index (χ3v) is 1.04. The van der Waals surface area contributed by atoms with Crippen molar-refractivity contribution < 1.29 is 64.3 Å². The van der Waals surface area contributed by atoms with Crippen molar-refractivity contribution in [3.8, 4) is 0 Å². The minimum absolute atomic E-state index is 0. The van der Waals surface area contributed by atoms with E-state index in [1.165, 1.54) is 0 Å². The largest absolute Gasteiger partial charge is 1.00 e. The monoisotopic (exact) mass is 176 g/mol. The van der Waals surface area contributed by atoms with Crippen LogP contribution in [0.3, 0.4) is 0 Å². The fourth-order valence-corrected chi connectivity index (χ4v) is 0.525. The van der Waals surface area contributed by atoms with Gasteiger partial charge in [-0.05, 0) is 6.42 Å². The number of unbranched alkanes of at least 4 members (excludes halogenated alkanes) is 1. The van der Waals surface area contributed by atoms with E-state index in [2.05, 4.69) is 4.18 Å². The van der Waals surface area contributed by atoms with Gasteiger partial charge in [0.2, 0.25) is 0 Å². The van der Waals surface area contributed by atoms with Gasteiger partial charge in [-0.15, -0.1) is 0 Å². The molecule has 9 heavy (non-hydrogen) atoms. The van der Waals surface area contributed by atoms with E-state index in [0.29, 0.717) is 6.61 Å².